The Morgan fingerprint density at radius 3 is 2.89 bits per heavy atom. The van der Waals surface area contributed by atoms with E-state index in [1.807, 2.05) is 12.1 Å². The van der Waals surface area contributed by atoms with E-state index >= 15 is 0 Å². The molecule has 0 spiro atoms. The van der Waals surface area contributed by atoms with Crippen molar-refractivity contribution in [1.82, 2.24) is 9.78 Å². The topological polar surface area (TPSA) is 85.7 Å². The lowest BCUT2D eigenvalue weighted by Gasteiger charge is -2.18. The van der Waals surface area contributed by atoms with E-state index < -0.39 is 0 Å². The number of aromatic nitrogens is 2. The standard InChI is InChI=1S/C12H13N5OS/c13-2-1-3-17-12(10(5-14)6-15-17)16-7-9(8-19)4-11(16)18/h6,9,19H,1,3-4,7-8H2. The highest BCUT2D eigenvalue weighted by molar-refractivity contribution is 7.80. The van der Waals surface area contributed by atoms with Crippen LogP contribution in [0.3, 0.4) is 0 Å². The molecule has 1 aliphatic rings. The van der Waals surface area contributed by atoms with Gasteiger partial charge in [-0.1, -0.05) is 0 Å². The third-order valence-corrected chi connectivity index (χ3v) is 3.60. The summed E-state index contributed by atoms with van der Waals surface area (Å²) in [4.78, 5) is 13.6. The molecule has 2 heterocycles. The lowest BCUT2D eigenvalue weighted by Crippen LogP contribution is -2.28. The normalized spacial score (nSPS) is 18.4. The van der Waals surface area contributed by atoms with Crippen molar-refractivity contribution in [2.24, 2.45) is 5.92 Å². The molecular formula is C12H13N5OS. The van der Waals surface area contributed by atoms with Crippen molar-refractivity contribution in [3.05, 3.63) is 11.8 Å². The van der Waals surface area contributed by atoms with Gasteiger partial charge in [0.25, 0.3) is 0 Å². The molecule has 1 aromatic rings. The molecule has 0 N–H and O–H groups in total. The lowest BCUT2D eigenvalue weighted by molar-refractivity contribution is -0.117. The van der Waals surface area contributed by atoms with Gasteiger partial charge in [-0.15, -0.1) is 0 Å². The highest BCUT2D eigenvalue weighted by atomic mass is 32.1. The molecule has 2 rings (SSSR count). The predicted molar refractivity (Wildman–Crippen MR) is 71.5 cm³/mol. The molecule has 1 unspecified atom stereocenters. The summed E-state index contributed by atoms with van der Waals surface area (Å²) in [5.74, 6) is 1.32. The van der Waals surface area contributed by atoms with Gasteiger partial charge in [-0.25, -0.2) is 4.68 Å². The molecule has 1 amide bonds. The number of hydrogen-bond acceptors (Lipinski definition) is 5. The Kier molecular flexibility index (Phi) is 4.08. The summed E-state index contributed by atoms with van der Waals surface area (Å²) in [7, 11) is 0. The van der Waals surface area contributed by atoms with E-state index in [0.29, 0.717) is 36.6 Å². The van der Waals surface area contributed by atoms with Gasteiger partial charge in [0.2, 0.25) is 5.91 Å². The molecule has 1 saturated heterocycles. The van der Waals surface area contributed by atoms with Crippen LogP contribution in [0.5, 0.6) is 0 Å². The number of aryl methyl sites for hydroxylation is 1. The fourth-order valence-electron chi connectivity index (χ4n) is 2.17. The molecule has 0 aromatic carbocycles. The van der Waals surface area contributed by atoms with Crippen LogP contribution in [0.1, 0.15) is 18.4 Å². The van der Waals surface area contributed by atoms with E-state index in [2.05, 4.69) is 17.7 Å². The molecule has 6 nitrogen and oxygen atoms in total. The average Bonchev–Trinajstić information content (AvgIpc) is 2.98. The number of amides is 1. The predicted octanol–water partition coefficient (Wildman–Crippen LogP) is 0.951. The maximum Gasteiger partial charge on any atom is 0.228 e. The fraction of sp³-hybridized carbons (Fsp3) is 0.500. The zero-order chi connectivity index (χ0) is 13.8. The Morgan fingerprint density at radius 1 is 1.53 bits per heavy atom. The van der Waals surface area contributed by atoms with Crippen molar-refractivity contribution in [3.8, 4) is 12.1 Å². The monoisotopic (exact) mass is 275 g/mol. The van der Waals surface area contributed by atoms with Crippen molar-refractivity contribution in [2.75, 3.05) is 17.2 Å². The van der Waals surface area contributed by atoms with E-state index in [4.69, 9.17) is 10.5 Å². The number of nitrogens with zero attached hydrogens (tertiary/aromatic N) is 5. The van der Waals surface area contributed by atoms with Crippen LogP contribution in [-0.4, -0.2) is 28.0 Å². The first-order valence-electron chi connectivity index (χ1n) is 5.95. The van der Waals surface area contributed by atoms with Crippen LogP contribution in [0.25, 0.3) is 0 Å². The highest BCUT2D eigenvalue weighted by Gasteiger charge is 2.33. The second-order valence-corrected chi connectivity index (χ2v) is 4.75. The average molecular weight is 275 g/mol. The third-order valence-electron chi connectivity index (χ3n) is 3.09. The first-order chi connectivity index (χ1) is 9.21. The Labute approximate surface area is 116 Å². The number of hydrogen-bond donors (Lipinski definition) is 1. The Hall–Kier alpha value is -1.99. The summed E-state index contributed by atoms with van der Waals surface area (Å²) in [5, 5.41) is 21.8. The summed E-state index contributed by atoms with van der Waals surface area (Å²) in [6.07, 6.45) is 2.17. The Bertz CT molecular complexity index is 568. The molecule has 98 valence electrons. The molecule has 1 aliphatic heterocycles. The largest absolute Gasteiger partial charge is 0.296 e. The highest BCUT2D eigenvalue weighted by Crippen LogP contribution is 2.28. The second-order valence-electron chi connectivity index (χ2n) is 4.38. The second kappa shape index (κ2) is 5.77. The Balaban J connectivity index is 2.33. The van der Waals surface area contributed by atoms with Gasteiger partial charge in [-0.2, -0.15) is 28.3 Å². The Morgan fingerprint density at radius 2 is 2.32 bits per heavy atom. The minimum absolute atomic E-state index is 0.0192. The zero-order valence-corrected chi connectivity index (χ0v) is 11.2. The van der Waals surface area contributed by atoms with Crippen molar-refractivity contribution < 1.29 is 4.79 Å². The maximum atomic E-state index is 12.0. The van der Waals surface area contributed by atoms with Gasteiger partial charge >= 0.3 is 0 Å². The van der Waals surface area contributed by atoms with Crippen molar-refractivity contribution in [3.63, 3.8) is 0 Å². The van der Waals surface area contributed by atoms with Gasteiger partial charge in [0, 0.05) is 13.0 Å². The first kappa shape index (κ1) is 13.4. The number of anilines is 1. The van der Waals surface area contributed by atoms with Gasteiger partial charge in [0.15, 0.2) is 5.82 Å². The molecule has 0 saturated carbocycles. The van der Waals surface area contributed by atoms with E-state index in [-0.39, 0.29) is 18.2 Å². The molecule has 0 bridgehead atoms. The SMILES string of the molecule is N#CCCn1ncc(C#N)c1N1CC(CS)CC1=O. The van der Waals surface area contributed by atoms with E-state index in [1.165, 1.54) is 6.20 Å². The van der Waals surface area contributed by atoms with Crippen LogP contribution in [0.4, 0.5) is 5.82 Å². The molecule has 1 atom stereocenters. The number of carbonyl (C=O) groups is 1. The van der Waals surface area contributed by atoms with E-state index in [0.717, 1.165) is 0 Å². The fourth-order valence-corrected chi connectivity index (χ4v) is 2.42. The van der Waals surface area contributed by atoms with Gasteiger partial charge in [-0.3, -0.25) is 9.69 Å². The van der Waals surface area contributed by atoms with Crippen LogP contribution in [0, 0.1) is 28.6 Å². The van der Waals surface area contributed by atoms with Crippen molar-refractivity contribution >= 4 is 24.4 Å². The number of rotatable bonds is 4. The van der Waals surface area contributed by atoms with Gasteiger partial charge in [-0.05, 0) is 11.7 Å². The van der Waals surface area contributed by atoms with Crippen LogP contribution < -0.4 is 4.90 Å². The van der Waals surface area contributed by atoms with Crippen molar-refractivity contribution in [1.29, 1.82) is 10.5 Å². The minimum atomic E-state index is -0.0192. The molecule has 19 heavy (non-hydrogen) atoms. The van der Waals surface area contributed by atoms with Gasteiger partial charge < -0.3 is 0 Å². The molecule has 0 aliphatic carbocycles. The zero-order valence-electron chi connectivity index (χ0n) is 10.3. The van der Waals surface area contributed by atoms with Crippen LogP contribution in [-0.2, 0) is 11.3 Å². The summed E-state index contributed by atoms with van der Waals surface area (Å²) < 4.78 is 1.56. The number of nitriles is 2. The first-order valence-corrected chi connectivity index (χ1v) is 6.58. The number of thiol groups is 1. The minimum Gasteiger partial charge on any atom is -0.296 e. The summed E-state index contributed by atoms with van der Waals surface area (Å²) in [5.41, 5.74) is 0.367. The van der Waals surface area contributed by atoms with E-state index in [9.17, 15) is 4.79 Å². The molecule has 7 heteroatoms. The molecule has 0 radical (unpaired) electrons. The quantitative estimate of drug-likeness (QED) is 0.829. The van der Waals surface area contributed by atoms with Gasteiger partial charge in [0.1, 0.15) is 11.6 Å². The third kappa shape index (κ3) is 2.56. The molecular weight excluding hydrogens is 262 g/mol. The number of carbonyl (C=O) groups excluding carboxylic acids is 1. The smallest absolute Gasteiger partial charge is 0.228 e. The van der Waals surface area contributed by atoms with E-state index in [1.54, 1.807) is 9.58 Å². The summed E-state index contributed by atoms with van der Waals surface area (Å²) in [6, 6.07) is 4.08. The lowest BCUT2D eigenvalue weighted by atomic mass is 10.1. The maximum absolute atomic E-state index is 12.0. The van der Waals surface area contributed by atoms with Crippen LogP contribution >= 0.6 is 12.6 Å². The van der Waals surface area contributed by atoms with Gasteiger partial charge in [0.05, 0.1) is 25.2 Å². The van der Waals surface area contributed by atoms with Crippen LogP contribution in [0.15, 0.2) is 6.20 Å². The summed E-state index contributed by atoms with van der Waals surface area (Å²) in [6.45, 7) is 0.929. The summed E-state index contributed by atoms with van der Waals surface area (Å²) >= 11 is 4.22. The van der Waals surface area contributed by atoms with Crippen LogP contribution in [0.2, 0.25) is 0 Å². The molecule has 1 aromatic heterocycles. The van der Waals surface area contributed by atoms with Crippen molar-refractivity contribution in [2.45, 2.75) is 19.4 Å². The molecule has 1 fully saturated rings.